The fourth-order valence-corrected chi connectivity index (χ4v) is 6.20. The number of carbonyl (C=O) groups excluding carboxylic acids is 1. The predicted molar refractivity (Wildman–Crippen MR) is 108 cm³/mol. The standard InChI is InChI=1S/C23H24F3N3O/c24-23(25,26)19-4-2-1-3-18(19)21(30)28-17-5-6-20(27-13-17)29-22-10-14-7-15(11-22)9-16(8-14)12-22/h1-6,13-16H,7-12H2,(H,27,29)(H,28,30). The van der Waals surface area contributed by atoms with Crippen LogP contribution in [0.15, 0.2) is 42.6 Å². The Morgan fingerprint density at radius 1 is 0.967 bits per heavy atom. The summed E-state index contributed by atoms with van der Waals surface area (Å²) < 4.78 is 39.5. The summed E-state index contributed by atoms with van der Waals surface area (Å²) in [5.74, 6) is 2.40. The van der Waals surface area contributed by atoms with E-state index in [-0.39, 0.29) is 5.54 Å². The fraction of sp³-hybridized carbons (Fsp3) is 0.478. The van der Waals surface area contributed by atoms with Crippen molar-refractivity contribution in [2.24, 2.45) is 17.8 Å². The molecule has 0 unspecified atom stereocenters. The number of pyridine rings is 1. The molecule has 4 nitrogen and oxygen atoms in total. The topological polar surface area (TPSA) is 54.0 Å². The first kappa shape index (κ1) is 19.4. The number of halogens is 3. The number of benzene rings is 1. The van der Waals surface area contributed by atoms with Crippen molar-refractivity contribution >= 4 is 17.4 Å². The Bertz CT molecular complexity index is 920. The van der Waals surface area contributed by atoms with Gasteiger partial charge in [-0.2, -0.15) is 13.2 Å². The molecule has 4 saturated carbocycles. The van der Waals surface area contributed by atoms with Gasteiger partial charge in [-0.1, -0.05) is 12.1 Å². The molecule has 4 aliphatic carbocycles. The molecule has 7 heteroatoms. The number of hydrogen-bond donors (Lipinski definition) is 2. The summed E-state index contributed by atoms with van der Waals surface area (Å²) in [7, 11) is 0. The first-order chi connectivity index (χ1) is 14.3. The maximum Gasteiger partial charge on any atom is 0.417 e. The Morgan fingerprint density at radius 3 is 2.17 bits per heavy atom. The van der Waals surface area contributed by atoms with Crippen LogP contribution in [0, 0.1) is 17.8 Å². The Morgan fingerprint density at radius 2 is 1.60 bits per heavy atom. The number of rotatable bonds is 4. The molecule has 0 spiro atoms. The number of nitrogens with one attached hydrogen (secondary N) is 2. The second-order valence-corrected chi connectivity index (χ2v) is 9.25. The summed E-state index contributed by atoms with van der Waals surface area (Å²) in [5, 5.41) is 6.18. The van der Waals surface area contributed by atoms with Gasteiger partial charge < -0.3 is 10.6 Å². The second kappa shape index (κ2) is 7.00. The van der Waals surface area contributed by atoms with Crippen molar-refractivity contribution < 1.29 is 18.0 Å². The number of aromatic nitrogens is 1. The molecule has 4 fully saturated rings. The Labute approximate surface area is 173 Å². The van der Waals surface area contributed by atoms with Gasteiger partial charge in [0.05, 0.1) is 23.0 Å². The normalized spacial score (nSPS) is 29.6. The molecule has 0 aliphatic heterocycles. The van der Waals surface area contributed by atoms with Crippen molar-refractivity contribution in [1.82, 2.24) is 4.98 Å². The van der Waals surface area contributed by atoms with E-state index in [1.165, 1.54) is 62.9 Å². The number of hydrogen-bond acceptors (Lipinski definition) is 3. The average Bonchev–Trinajstić information content (AvgIpc) is 2.67. The molecule has 2 aromatic rings. The number of alkyl halides is 3. The van der Waals surface area contributed by atoms with Crippen molar-refractivity contribution in [1.29, 1.82) is 0 Å². The number of amides is 1. The second-order valence-electron chi connectivity index (χ2n) is 9.25. The maximum atomic E-state index is 13.2. The van der Waals surface area contributed by atoms with Crippen LogP contribution in [0.5, 0.6) is 0 Å². The lowest BCUT2D eigenvalue weighted by Crippen LogP contribution is -2.54. The van der Waals surface area contributed by atoms with E-state index in [9.17, 15) is 18.0 Å². The molecule has 1 aromatic carbocycles. The van der Waals surface area contributed by atoms with E-state index in [4.69, 9.17) is 0 Å². The monoisotopic (exact) mass is 415 g/mol. The van der Waals surface area contributed by atoms with Crippen LogP contribution in [0.25, 0.3) is 0 Å². The molecule has 0 saturated heterocycles. The van der Waals surface area contributed by atoms with Crippen LogP contribution in [0.4, 0.5) is 24.7 Å². The quantitative estimate of drug-likeness (QED) is 0.670. The van der Waals surface area contributed by atoms with Gasteiger partial charge in [0.1, 0.15) is 5.82 Å². The van der Waals surface area contributed by atoms with Crippen LogP contribution in [-0.2, 0) is 6.18 Å². The zero-order chi connectivity index (χ0) is 20.9. The highest BCUT2D eigenvalue weighted by molar-refractivity contribution is 6.05. The summed E-state index contributed by atoms with van der Waals surface area (Å²) in [4.78, 5) is 16.8. The van der Waals surface area contributed by atoms with Crippen LogP contribution < -0.4 is 10.6 Å². The van der Waals surface area contributed by atoms with Gasteiger partial charge >= 0.3 is 6.18 Å². The minimum atomic E-state index is -4.59. The van der Waals surface area contributed by atoms with E-state index < -0.39 is 23.2 Å². The summed E-state index contributed by atoms with van der Waals surface area (Å²) >= 11 is 0. The lowest BCUT2D eigenvalue weighted by molar-refractivity contribution is -0.137. The Kier molecular flexibility index (Phi) is 4.52. The summed E-state index contributed by atoms with van der Waals surface area (Å²) in [6, 6.07) is 8.25. The van der Waals surface area contributed by atoms with Gasteiger partial charge in [0.25, 0.3) is 5.91 Å². The van der Waals surface area contributed by atoms with Gasteiger partial charge in [0, 0.05) is 5.54 Å². The van der Waals surface area contributed by atoms with Gasteiger partial charge in [-0.25, -0.2) is 4.98 Å². The van der Waals surface area contributed by atoms with Crippen LogP contribution in [0.1, 0.15) is 54.4 Å². The van der Waals surface area contributed by atoms with Crippen LogP contribution in [0.2, 0.25) is 0 Å². The molecule has 0 radical (unpaired) electrons. The summed E-state index contributed by atoms with van der Waals surface area (Å²) in [6.45, 7) is 0. The fourth-order valence-electron chi connectivity index (χ4n) is 6.20. The molecule has 1 amide bonds. The van der Waals surface area contributed by atoms with E-state index in [2.05, 4.69) is 15.6 Å². The molecule has 4 bridgehead atoms. The van der Waals surface area contributed by atoms with Gasteiger partial charge in [0.15, 0.2) is 0 Å². The number of anilines is 2. The Balaban J connectivity index is 1.28. The summed E-state index contributed by atoms with van der Waals surface area (Å²) in [5.41, 5.74) is -0.859. The molecule has 1 aromatic heterocycles. The van der Waals surface area contributed by atoms with Crippen molar-refractivity contribution in [3.63, 3.8) is 0 Å². The molecule has 30 heavy (non-hydrogen) atoms. The molecule has 158 valence electrons. The SMILES string of the molecule is O=C(Nc1ccc(NC23CC4CC(CC(C4)C2)C3)nc1)c1ccccc1C(F)(F)F. The molecule has 2 N–H and O–H groups in total. The number of nitrogens with zero attached hydrogens (tertiary/aromatic N) is 1. The van der Waals surface area contributed by atoms with Crippen molar-refractivity contribution in [2.45, 2.75) is 50.2 Å². The number of carbonyl (C=O) groups is 1. The highest BCUT2D eigenvalue weighted by Crippen LogP contribution is 2.56. The zero-order valence-corrected chi connectivity index (χ0v) is 16.5. The van der Waals surface area contributed by atoms with Crippen molar-refractivity contribution in [2.75, 3.05) is 10.6 Å². The first-order valence-electron chi connectivity index (χ1n) is 10.5. The van der Waals surface area contributed by atoms with Gasteiger partial charge in [-0.3, -0.25) is 4.79 Å². The third kappa shape index (κ3) is 3.66. The van der Waals surface area contributed by atoms with E-state index in [1.807, 2.05) is 0 Å². The van der Waals surface area contributed by atoms with Crippen molar-refractivity contribution in [3.05, 3.63) is 53.7 Å². The lowest BCUT2D eigenvalue weighted by atomic mass is 9.53. The molecule has 6 rings (SSSR count). The maximum absolute atomic E-state index is 13.2. The first-order valence-corrected chi connectivity index (χ1v) is 10.5. The Hall–Kier alpha value is -2.57. The molecule has 1 heterocycles. The predicted octanol–water partition coefficient (Wildman–Crippen LogP) is 5.73. The third-order valence-electron chi connectivity index (χ3n) is 6.93. The minimum absolute atomic E-state index is 0.123. The van der Waals surface area contributed by atoms with Crippen LogP contribution in [-0.4, -0.2) is 16.4 Å². The van der Waals surface area contributed by atoms with Crippen molar-refractivity contribution in [3.8, 4) is 0 Å². The molecular formula is C23H24F3N3O. The molecule has 0 atom stereocenters. The van der Waals surface area contributed by atoms with E-state index in [1.54, 1.807) is 12.1 Å². The summed E-state index contributed by atoms with van der Waals surface area (Å²) in [6.07, 6.45) is 4.55. The lowest BCUT2D eigenvalue weighted by Gasteiger charge is -2.57. The zero-order valence-electron chi connectivity index (χ0n) is 16.5. The van der Waals surface area contributed by atoms with Crippen LogP contribution in [0.3, 0.4) is 0 Å². The van der Waals surface area contributed by atoms with E-state index >= 15 is 0 Å². The molecule has 4 aliphatic rings. The van der Waals surface area contributed by atoms with E-state index in [0.717, 1.165) is 29.6 Å². The van der Waals surface area contributed by atoms with E-state index in [0.29, 0.717) is 5.69 Å². The smallest absolute Gasteiger partial charge is 0.365 e. The van der Waals surface area contributed by atoms with Gasteiger partial charge in [0.2, 0.25) is 0 Å². The highest BCUT2D eigenvalue weighted by atomic mass is 19.4. The average molecular weight is 415 g/mol. The minimum Gasteiger partial charge on any atom is -0.365 e. The largest absolute Gasteiger partial charge is 0.417 e. The van der Waals surface area contributed by atoms with Crippen LogP contribution >= 0.6 is 0 Å². The van der Waals surface area contributed by atoms with Gasteiger partial charge in [-0.15, -0.1) is 0 Å². The highest BCUT2D eigenvalue weighted by Gasteiger charge is 2.51. The van der Waals surface area contributed by atoms with Gasteiger partial charge in [-0.05, 0) is 80.5 Å². The third-order valence-corrected chi connectivity index (χ3v) is 6.93. The molecular weight excluding hydrogens is 391 g/mol.